The van der Waals surface area contributed by atoms with Crippen molar-refractivity contribution in [2.45, 2.75) is 43.9 Å². The number of hydrogen-bond acceptors (Lipinski definition) is 1. The van der Waals surface area contributed by atoms with E-state index in [1.54, 1.807) is 0 Å². The number of aromatic nitrogens is 1. The van der Waals surface area contributed by atoms with E-state index in [1.807, 2.05) is 0 Å². The topological polar surface area (TPSA) is 8.17 Å². The fraction of sp³-hybridized carbons (Fsp3) is 0.163. The maximum atomic E-state index is 2.55. The predicted molar refractivity (Wildman–Crippen MR) is 188 cm³/mol. The summed E-state index contributed by atoms with van der Waals surface area (Å²) in [6.45, 7) is 0. The standard InChI is InChI=1S/C43H36N2/c1-4-16-31(17-5-1)43(32-18-6-2-7-19-32)37-23-11-14-26-41(37)45(42-27-15-12-24-38(42)43)34-28-29-40-36(30-34)35-22-10-13-25-39(35)44(40)33-20-8-3-9-21-33/h1,3-6,8-9,11,13-14,16-21,23-30H,2,7,10,12,15,22H2. The van der Waals surface area contributed by atoms with Crippen molar-refractivity contribution in [1.82, 2.24) is 4.57 Å². The highest BCUT2D eigenvalue weighted by Crippen LogP contribution is 2.59. The molecule has 1 aliphatic heterocycles. The summed E-state index contributed by atoms with van der Waals surface area (Å²) in [4.78, 5) is 2.55. The Labute approximate surface area is 265 Å². The molecule has 0 spiro atoms. The van der Waals surface area contributed by atoms with Crippen LogP contribution in [0.1, 0.15) is 54.5 Å². The van der Waals surface area contributed by atoms with E-state index in [0.29, 0.717) is 0 Å². The van der Waals surface area contributed by atoms with Gasteiger partial charge in [-0.3, -0.25) is 0 Å². The molecule has 1 unspecified atom stereocenters. The van der Waals surface area contributed by atoms with Crippen molar-refractivity contribution in [1.29, 1.82) is 0 Å². The van der Waals surface area contributed by atoms with E-state index in [2.05, 4.69) is 155 Å². The molecule has 0 bridgehead atoms. The summed E-state index contributed by atoms with van der Waals surface area (Å²) in [6, 6.07) is 38.3. The fourth-order valence-electron chi connectivity index (χ4n) is 8.34. The van der Waals surface area contributed by atoms with Crippen LogP contribution in [0.5, 0.6) is 0 Å². The Kier molecular flexibility index (Phi) is 6.16. The summed E-state index contributed by atoms with van der Waals surface area (Å²) in [5.41, 5.74) is 14.2. The average Bonchev–Trinajstić information content (AvgIpc) is 3.45. The van der Waals surface area contributed by atoms with E-state index in [9.17, 15) is 0 Å². The second-order valence-corrected chi connectivity index (χ2v) is 12.6. The summed E-state index contributed by atoms with van der Waals surface area (Å²) in [5.74, 6) is 0. The molecule has 1 aromatic heterocycles. The molecule has 0 amide bonds. The van der Waals surface area contributed by atoms with Crippen LogP contribution in [0.15, 0.2) is 156 Å². The monoisotopic (exact) mass is 580 g/mol. The zero-order valence-electron chi connectivity index (χ0n) is 25.5. The van der Waals surface area contributed by atoms with E-state index in [1.165, 1.54) is 67.2 Å². The maximum absolute atomic E-state index is 2.55. The molecule has 0 N–H and O–H groups in total. The summed E-state index contributed by atoms with van der Waals surface area (Å²) in [7, 11) is 0. The Morgan fingerprint density at radius 1 is 0.600 bits per heavy atom. The van der Waals surface area contributed by atoms with Gasteiger partial charge in [0.1, 0.15) is 0 Å². The number of rotatable bonds is 4. The highest BCUT2D eigenvalue weighted by Gasteiger charge is 2.49. The summed E-state index contributed by atoms with van der Waals surface area (Å²) in [5, 5.41) is 1.35. The van der Waals surface area contributed by atoms with Gasteiger partial charge in [0.2, 0.25) is 0 Å². The molecule has 2 heterocycles. The smallest absolute Gasteiger partial charge is 0.0735 e. The van der Waals surface area contributed by atoms with E-state index in [-0.39, 0.29) is 5.41 Å². The first-order valence-corrected chi connectivity index (χ1v) is 16.5. The van der Waals surface area contributed by atoms with Gasteiger partial charge in [-0.05, 0) is 109 Å². The van der Waals surface area contributed by atoms with E-state index >= 15 is 0 Å². The third-order valence-electron chi connectivity index (χ3n) is 10.2. The van der Waals surface area contributed by atoms with Crippen LogP contribution in [0.4, 0.5) is 11.4 Å². The lowest BCUT2D eigenvalue weighted by atomic mass is 9.59. The number of allylic oxidation sites excluding steroid dienone is 8. The number of hydrogen-bond donors (Lipinski definition) is 0. The largest absolute Gasteiger partial charge is 0.310 e. The van der Waals surface area contributed by atoms with Gasteiger partial charge in [0.05, 0.1) is 16.6 Å². The number of para-hydroxylation sites is 2. The lowest BCUT2D eigenvalue weighted by Gasteiger charge is -2.50. The highest BCUT2D eigenvalue weighted by atomic mass is 15.2. The van der Waals surface area contributed by atoms with Gasteiger partial charge in [0.15, 0.2) is 0 Å². The SMILES string of the molecule is C1=CC(C2(c3ccccc3)C3=CCCC=C3N(c3ccc4c(c3)c3c(n4-c4ccccc4)C=CCC3)c3ccccc32)=CCC1. The van der Waals surface area contributed by atoms with Crippen molar-refractivity contribution in [3.63, 3.8) is 0 Å². The minimum absolute atomic E-state index is 0.359. The molecule has 2 nitrogen and oxygen atoms in total. The second kappa shape index (κ2) is 10.5. The first kappa shape index (κ1) is 26.3. The van der Waals surface area contributed by atoms with Crippen molar-refractivity contribution >= 4 is 28.4 Å². The lowest BCUT2D eigenvalue weighted by molar-refractivity contribution is 0.681. The average molecular weight is 581 g/mol. The minimum Gasteiger partial charge on any atom is -0.310 e. The molecule has 9 rings (SSSR count). The molecule has 0 saturated heterocycles. The van der Waals surface area contributed by atoms with E-state index in [0.717, 1.165) is 38.5 Å². The quantitative estimate of drug-likeness (QED) is 0.205. The predicted octanol–water partition coefficient (Wildman–Crippen LogP) is 10.9. The Morgan fingerprint density at radius 2 is 1.36 bits per heavy atom. The summed E-state index contributed by atoms with van der Waals surface area (Å²) >= 11 is 0. The van der Waals surface area contributed by atoms with Gasteiger partial charge in [-0.15, -0.1) is 0 Å². The van der Waals surface area contributed by atoms with Crippen molar-refractivity contribution in [3.05, 3.63) is 179 Å². The maximum Gasteiger partial charge on any atom is 0.0735 e. The van der Waals surface area contributed by atoms with Crippen LogP contribution in [-0.2, 0) is 11.8 Å². The molecule has 0 fully saturated rings. The van der Waals surface area contributed by atoms with Crippen LogP contribution in [-0.4, -0.2) is 4.57 Å². The molecule has 0 radical (unpaired) electrons. The Bertz CT molecular complexity index is 2100. The van der Waals surface area contributed by atoms with Crippen molar-refractivity contribution < 1.29 is 0 Å². The Balaban J connectivity index is 1.31. The van der Waals surface area contributed by atoms with Gasteiger partial charge in [0, 0.05) is 28.2 Å². The summed E-state index contributed by atoms with van der Waals surface area (Å²) < 4.78 is 2.45. The molecule has 4 aliphatic rings. The van der Waals surface area contributed by atoms with Crippen molar-refractivity contribution in [2.75, 3.05) is 4.90 Å². The van der Waals surface area contributed by atoms with Gasteiger partial charge < -0.3 is 9.47 Å². The van der Waals surface area contributed by atoms with Crippen LogP contribution in [0.3, 0.4) is 0 Å². The molecule has 1 atom stereocenters. The first-order chi connectivity index (χ1) is 22.4. The van der Waals surface area contributed by atoms with Gasteiger partial charge >= 0.3 is 0 Å². The number of fused-ring (bicyclic) bond motifs is 5. The molecular formula is C43H36N2. The lowest BCUT2D eigenvalue weighted by Crippen LogP contribution is -2.42. The van der Waals surface area contributed by atoms with Crippen LogP contribution < -0.4 is 4.90 Å². The minimum atomic E-state index is -0.359. The molecule has 0 saturated carbocycles. The number of anilines is 2. The number of aryl methyl sites for hydroxylation is 1. The normalized spacial score (nSPS) is 20.2. The molecule has 4 aromatic carbocycles. The van der Waals surface area contributed by atoms with Gasteiger partial charge in [-0.25, -0.2) is 0 Å². The van der Waals surface area contributed by atoms with Gasteiger partial charge in [-0.1, -0.05) is 103 Å². The van der Waals surface area contributed by atoms with Gasteiger partial charge in [-0.2, -0.15) is 0 Å². The number of benzene rings is 4. The molecule has 5 aromatic rings. The Morgan fingerprint density at radius 3 is 2.20 bits per heavy atom. The molecular weight excluding hydrogens is 544 g/mol. The molecule has 218 valence electrons. The van der Waals surface area contributed by atoms with Crippen LogP contribution >= 0.6 is 0 Å². The zero-order chi connectivity index (χ0) is 29.8. The van der Waals surface area contributed by atoms with Crippen molar-refractivity contribution in [3.8, 4) is 5.69 Å². The fourth-order valence-corrected chi connectivity index (χ4v) is 8.34. The number of nitrogens with zero attached hydrogens (tertiary/aromatic N) is 2. The van der Waals surface area contributed by atoms with E-state index in [4.69, 9.17) is 0 Å². The molecule has 2 heteroatoms. The Hall–Kier alpha value is -5.08. The third-order valence-corrected chi connectivity index (χ3v) is 10.2. The first-order valence-electron chi connectivity index (χ1n) is 16.5. The molecule has 45 heavy (non-hydrogen) atoms. The van der Waals surface area contributed by atoms with Crippen LogP contribution in [0, 0.1) is 0 Å². The zero-order valence-corrected chi connectivity index (χ0v) is 25.5. The highest BCUT2D eigenvalue weighted by molar-refractivity contribution is 5.95. The van der Waals surface area contributed by atoms with Crippen LogP contribution in [0.2, 0.25) is 0 Å². The van der Waals surface area contributed by atoms with Crippen molar-refractivity contribution in [2.24, 2.45) is 0 Å². The van der Waals surface area contributed by atoms with Crippen LogP contribution in [0.25, 0.3) is 22.7 Å². The summed E-state index contributed by atoms with van der Waals surface area (Å²) in [6.07, 6.45) is 23.4. The van der Waals surface area contributed by atoms with E-state index < -0.39 is 0 Å². The van der Waals surface area contributed by atoms with Gasteiger partial charge in [0.25, 0.3) is 0 Å². The molecule has 3 aliphatic carbocycles. The second-order valence-electron chi connectivity index (χ2n) is 12.6. The third kappa shape index (κ3) is 3.88.